The molecule has 1 aliphatic heterocycles. The van der Waals surface area contributed by atoms with E-state index in [1.807, 2.05) is 49.9 Å². The number of benzene rings is 1. The van der Waals surface area contributed by atoms with Gasteiger partial charge in [-0.2, -0.15) is 0 Å². The third-order valence-electron chi connectivity index (χ3n) is 3.31. The van der Waals surface area contributed by atoms with Gasteiger partial charge in [0.15, 0.2) is 0 Å². The molecule has 1 aromatic carbocycles. The first-order valence-electron chi connectivity index (χ1n) is 7.28. The molecule has 1 aromatic rings. The SMILES string of the molecule is CC(C)(C)OC(=O)N1CCCC1/C=C/c1ccc(Br)cc1. The Hall–Kier alpha value is -1.29. The summed E-state index contributed by atoms with van der Waals surface area (Å²) in [7, 11) is 0. The number of hydrogen-bond donors (Lipinski definition) is 0. The lowest BCUT2D eigenvalue weighted by molar-refractivity contribution is 0.0256. The van der Waals surface area contributed by atoms with E-state index >= 15 is 0 Å². The van der Waals surface area contributed by atoms with E-state index in [4.69, 9.17) is 4.74 Å². The summed E-state index contributed by atoms with van der Waals surface area (Å²) in [6.07, 6.45) is 5.96. The second-order valence-electron chi connectivity index (χ2n) is 6.29. The largest absolute Gasteiger partial charge is 0.444 e. The molecule has 0 N–H and O–H groups in total. The molecule has 0 bridgehead atoms. The fourth-order valence-electron chi connectivity index (χ4n) is 2.34. The fourth-order valence-corrected chi connectivity index (χ4v) is 2.60. The van der Waals surface area contributed by atoms with Crippen molar-refractivity contribution in [2.75, 3.05) is 6.54 Å². The topological polar surface area (TPSA) is 29.5 Å². The molecule has 1 aliphatic rings. The van der Waals surface area contributed by atoms with Crippen LogP contribution in [0, 0.1) is 0 Å². The third-order valence-corrected chi connectivity index (χ3v) is 3.84. The van der Waals surface area contributed by atoms with Gasteiger partial charge in [-0.1, -0.05) is 40.2 Å². The van der Waals surface area contributed by atoms with Crippen LogP contribution in [0.4, 0.5) is 4.79 Å². The van der Waals surface area contributed by atoms with Crippen LogP contribution < -0.4 is 0 Å². The van der Waals surface area contributed by atoms with Gasteiger partial charge in [0, 0.05) is 11.0 Å². The molecule has 1 unspecified atom stereocenters. The summed E-state index contributed by atoms with van der Waals surface area (Å²) >= 11 is 3.43. The predicted molar refractivity (Wildman–Crippen MR) is 89.1 cm³/mol. The van der Waals surface area contributed by atoms with Gasteiger partial charge >= 0.3 is 6.09 Å². The summed E-state index contributed by atoms with van der Waals surface area (Å²) in [6, 6.07) is 8.25. The minimum absolute atomic E-state index is 0.128. The zero-order valence-corrected chi connectivity index (χ0v) is 14.4. The maximum absolute atomic E-state index is 12.2. The molecule has 1 fully saturated rings. The lowest BCUT2D eigenvalue weighted by atomic mass is 10.1. The third kappa shape index (κ3) is 4.88. The van der Waals surface area contributed by atoms with Gasteiger partial charge in [-0.05, 0) is 51.3 Å². The number of likely N-dealkylation sites (tertiary alicyclic amines) is 1. The Balaban J connectivity index is 2.01. The predicted octanol–water partition coefficient (Wildman–Crippen LogP) is 4.86. The maximum Gasteiger partial charge on any atom is 0.410 e. The van der Waals surface area contributed by atoms with Crippen LogP contribution in [0.15, 0.2) is 34.8 Å². The standard InChI is InChI=1S/C17H22BrNO2/c1-17(2,3)21-16(20)19-12-4-5-15(19)11-8-13-6-9-14(18)10-7-13/h6-11,15H,4-5,12H2,1-3H3/b11-8+. The highest BCUT2D eigenvalue weighted by atomic mass is 79.9. The molecule has 4 heteroatoms. The molecule has 1 amide bonds. The molecule has 1 atom stereocenters. The summed E-state index contributed by atoms with van der Waals surface area (Å²) in [6.45, 7) is 6.46. The van der Waals surface area contributed by atoms with Crippen molar-refractivity contribution in [1.29, 1.82) is 0 Å². The Kier molecular flexibility index (Phi) is 5.09. The molecule has 0 aromatic heterocycles. The number of nitrogens with zero attached hydrogens (tertiary/aromatic N) is 1. The summed E-state index contributed by atoms with van der Waals surface area (Å²) in [5.41, 5.74) is 0.689. The molecule has 0 aliphatic carbocycles. The van der Waals surface area contributed by atoms with Gasteiger partial charge < -0.3 is 9.64 Å². The number of halogens is 1. The number of amides is 1. The van der Waals surface area contributed by atoms with Gasteiger partial charge in [-0.25, -0.2) is 4.79 Å². The van der Waals surface area contributed by atoms with E-state index in [2.05, 4.69) is 28.1 Å². The summed E-state index contributed by atoms with van der Waals surface area (Å²) < 4.78 is 6.53. The van der Waals surface area contributed by atoms with Crippen molar-refractivity contribution >= 4 is 28.1 Å². The van der Waals surface area contributed by atoms with E-state index in [0.29, 0.717) is 0 Å². The monoisotopic (exact) mass is 351 g/mol. The lowest BCUT2D eigenvalue weighted by Gasteiger charge is -2.27. The Morgan fingerprint density at radius 1 is 1.33 bits per heavy atom. The van der Waals surface area contributed by atoms with E-state index in [9.17, 15) is 4.79 Å². The minimum atomic E-state index is -0.445. The van der Waals surface area contributed by atoms with Crippen LogP contribution >= 0.6 is 15.9 Å². The van der Waals surface area contributed by atoms with Gasteiger partial charge in [0.2, 0.25) is 0 Å². The normalized spacial score (nSPS) is 19.2. The summed E-state index contributed by atoms with van der Waals surface area (Å²) in [5, 5.41) is 0. The van der Waals surface area contributed by atoms with Gasteiger partial charge in [0.25, 0.3) is 0 Å². The lowest BCUT2D eigenvalue weighted by Crippen LogP contribution is -2.39. The summed E-state index contributed by atoms with van der Waals surface area (Å²) in [5.74, 6) is 0. The van der Waals surface area contributed by atoms with Crippen LogP contribution in [0.5, 0.6) is 0 Å². The van der Waals surface area contributed by atoms with E-state index < -0.39 is 5.60 Å². The number of ether oxygens (including phenoxy) is 1. The van der Waals surface area contributed by atoms with E-state index in [1.165, 1.54) is 0 Å². The molecular weight excluding hydrogens is 330 g/mol. The molecule has 114 valence electrons. The maximum atomic E-state index is 12.2. The van der Waals surface area contributed by atoms with Gasteiger partial charge in [-0.3, -0.25) is 0 Å². The number of hydrogen-bond acceptors (Lipinski definition) is 2. The first kappa shape index (κ1) is 16.1. The van der Waals surface area contributed by atoms with E-state index in [0.717, 1.165) is 29.4 Å². The highest BCUT2D eigenvalue weighted by Gasteiger charge is 2.30. The molecule has 1 heterocycles. The average Bonchev–Trinajstić information content (AvgIpc) is 2.84. The number of carbonyl (C=O) groups excluding carboxylic acids is 1. The van der Waals surface area contributed by atoms with Crippen LogP contribution in [-0.4, -0.2) is 29.2 Å². The van der Waals surface area contributed by atoms with Gasteiger partial charge in [0.1, 0.15) is 5.60 Å². The van der Waals surface area contributed by atoms with Crippen LogP contribution in [0.2, 0.25) is 0 Å². The first-order chi connectivity index (χ1) is 9.85. The zero-order chi connectivity index (χ0) is 15.5. The molecule has 3 nitrogen and oxygen atoms in total. The second-order valence-corrected chi connectivity index (χ2v) is 7.21. The van der Waals surface area contributed by atoms with Gasteiger partial charge in [-0.15, -0.1) is 0 Å². The highest BCUT2D eigenvalue weighted by Crippen LogP contribution is 2.22. The van der Waals surface area contributed by atoms with Crippen LogP contribution in [0.3, 0.4) is 0 Å². The Morgan fingerprint density at radius 3 is 2.62 bits per heavy atom. The smallest absolute Gasteiger partial charge is 0.410 e. The van der Waals surface area contributed by atoms with Crippen molar-refractivity contribution < 1.29 is 9.53 Å². The zero-order valence-electron chi connectivity index (χ0n) is 12.8. The first-order valence-corrected chi connectivity index (χ1v) is 8.08. The van der Waals surface area contributed by atoms with Crippen molar-refractivity contribution in [3.8, 4) is 0 Å². The quantitative estimate of drug-likeness (QED) is 0.761. The second kappa shape index (κ2) is 6.65. The Morgan fingerprint density at radius 2 is 2.00 bits per heavy atom. The van der Waals surface area contributed by atoms with E-state index in [-0.39, 0.29) is 12.1 Å². The average molecular weight is 352 g/mol. The van der Waals surface area contributed by atoms with Crippen molar-refractivity contribution in [3.63, 3.8) is 0 Å². The van der Waals surface area contributed by atoms with Crippen molar-refractivity contribution in [1.82, 2.24) is 4.90 Å². The van der Waals surface area contributed by atoms with E-state index in [1.54, 1.807) is 0 Å². The Labute approximate surface area is 135 Å². The van der Waals surface area contributed by atoms with Crippen molar-refractivity contribution in [2.24, 2.45) is 0 Å². The minimum Gasteiger partial charge on any atom is -0.444 e. The van der Waals surface area contributed by atoms with Gasteiger partial charge in [0.05, 0.1) is 6.04 Å². The molecule has 0 saturated carbocycles. The molecular formula is C17H22BrNO2. The number of rotatable bonds is 2. The number of carbonyl (C=O) groups is 1. The summed E-state index contributed by atoms with van der Waals surface area (Å²) in [4.78, 5) is 14.0. The molecule has 1 saturated heterocycles. The molecule has 0 spiro atoms. The molecule has 2 rings (SSSR count). The highest BCUT2D eigenvalue weighted by molar-refractivity contribution is 9.10. The molecule has 0 radical (unpaired) electrons. The van der Waals surface area contributed by atoms with Crippen molar-refractivity contribution in [2.45, 2.75) is 45.3 Å². The van der Waals surface area contributed by atoms with Crippen molar-refractivity contribution in [3.05, 3.63) is 40.4 Å². The molecule has 21 heavy (non-hydrogen) atoms. The van der Waals surface area contributed by atoms with Crippen LogP contribution in [0.1, 0.15) is 39.2 Å². The van der Waals surface area contributed by atoms with Crippen LogP contribution in [-0.2, 0) is 4.74 Å². The Bertz CT molecular complexity index is 517. The fraction of sp³-hybridized carbons (Fsp3) is 0.471. The van der Waals surface area contributed by atoms with Crippen LogP contribution in [0.25, 0.3) is 6.08 Å².